The topological polar surface area (TPSA) is 38.0 Å². The van der Waals surface area contributed by atoms with Crippen molar-refractivity contribution >= 4 is 17.4 Å². The van der Waals surface area contributed by atoms with Crippen molar-refractivity contribution in [2.24, 2.45) is 5.73 Å². The van der Waals surface area contributed by atoms with Crippen LogP contribution >= 0.6 is 11.8 Å². The van der Waals surface area contributed by atoms with Gasteiger partial charge in [-0.15, -0.1) is 0 Å². The average molecular weight is 242 g/mol. The van der Waals surface area contributed by atoms with Crippen LogP contribution in [-0.4, -0.2) is 24.1 Å². The van der Waals surface area contributed by atoms with E-state index in [-0.39, 0.29) is 11.9 Å². The molecule has 0 aromatic heterocycles. The molecule has 0 aliphatic carbocycles. The third-order valence-electron chi connectivity index (χ3n) is 2.33. The lowest BCUT2D eigenvalue weighted by molar-refractivity contribution is 0.621. The number of anilines is 1. The van der Waals surface area contributed by atoms with Crippen molar-refractivity contribution in [1.29, 1.82) is 0 Å². The van der Waals surface area contributed by atoms with Gasteiger partial charge in [0, 0.05) is 12.6 Å². The van der Waals surface area contributed by atoms with Crippen molar-refractivity contribution in [2.75, 3.05) is 23.4 Å². The van der Waals surface area contributed by atoms with E-state index in [1.165, 1.54) is 6.07 Å². The molecule has 1 aromatic rings. The maximum atomic E-state index is 13.4. The lowest BCUT2D eigenvalue weighted by Crippen LogP contribution is -2.29. The van der Waals surface area contributed by atoms with Crippen LogP contribution in [0.25, 0.3) is 0 Å². The molecule has 0 amide bonds. The molecule has 0 bridgehead atoms. The third-order valence-corrected chi connectivity index (χ3v) is 3.27. The summed E-state index contributed by atoms with van der Waals surface area (Å²) in [6.07, 6.45) is 0.962. The first-order valence-corrected chi connectivity index (χ1v) is 6.72. The molecule has 0 spiro atoms. The Balaban J connectivity index is 2.46. The second-order valence-corrected chi connectivity index (χ2v) is 4.94. The zero-order valence-electron chi connectivity index (χ0n) is 9.58. The minimum Gasteiger partial charge on any atom is -0.379 e. The zero-order valence-corrected chi connectivity index (χ0v) is 10.4. The highest BCUT2D eigenvalue weighted by atomic mass is 32.2. The third kappa shape index (κ3) is 4.41. The van der Waals surface area contributed by atoms with E-state index in [9.17, 15) is 4.39 Å². The number of para-hydroxylation sites is 1. The number of halogens is 1. The Morgan fingerprint density at radius 3 is 2.81 bits per heavy atom. The standard InChI is InChI=1S/C12H19FN2S/c1-2-16-8-7-10(9-14)15-12-6-4-3-5-11(12)13/h3-6,10,15H,2,7-9,14H2,1H3. The molecular formula is C12H19FN2S. The first kappa shape index (κ1) is 13.3. The van der Waals surface area contributed by atoms with E-state index in [4.69, 9.17) is 5.73 Å². The van der Waals surface area contributed by atoms with E-state index in [0.29, 0.717) is 12.2 Å². The smallest absolute Gasteiger partial charge is 0.146 e. The molecule has 16 heavy (non-hydrogen) atoms. The molecule has 3 N–H and O–H groups in total. The van der Waals surface area contributed by atoms with Crippen LogP contribution in [0.15, 0.2) is 24.3 Å². The predicted molar refractivity (Wildman–Crippen MR) is 70.5 cm³/mol. The Hall–Kier alpha value is -0.740. The summed E-state index contributed by atoms with van der Waals surface area (Å²) >= 11 is 1.88. The maximum absolute atomic E-state index is 13.4. The number of benzene rings is 1. The summed E-state index contributed by atoms with van der Waals surface area (Å²) in [5, 5.41) is 3.14. The van der Waals surface area contributed by atoms with Crippen LogP contribution in [0.3, 0.4) is 0 Å². The molecule has 0 aliphatic heterocycles. The maximum Gasteiger partial charge on any atom is 0.146 e. The predicted octanol–water partition coefficient (Wildman–Crippen LogP) is 2.71. The second-order valence-electron chi connectivity index (χ2n) is 3.54. The average Bonchev–Trinajstić information content (AvgIpc) is 2.30. The highest BCUT2D eigenvalue weighted by Crippen LogP contribution is 2.15. The SMILES string of the molecule is CCSCCC(CN)Nc1ccccc1F. The molecule has 0 saturated heterocycles. The van der Waals surface area contributed by atoms with E-state index in [0.717, 1.165) is 17.9 Å². The van der Waals surface area contributed by atoms with Crippen LogP contribution in [0.2, 0.25) is 0 Å². The molecular weight excluding hydrogens is 223 g/mol. The molecule has 2 nitrogen and oxygen atoms in total. The van der Waals surface area contributed by atoms with Gasteiger partial charge in [0.05, 0.1) is 5.69 Å². The summed E-state index contributed by atoms with van der Waals surface area (Å²) in [6, 6.07) is 6.85. The molecule has 0 fully saturated rings. The highest BCUT2D eigenvalue weighted by molar-refractivity contribution is 7.99. The van der Waals surface area contributed by atoms with Crippen molar-refractivity contribution in [1.82, 2.24) is 0 Å². The molecule has 1 rings (SSSR count). The van der Waals surface area contributed by atoms with Gasteiger partial charge >= 0.3 is 0 Å². The number of rotatable bonds is 7. The van der Waals surface area contributed by atoms with E-state index < -0.39 is 0 Å². The van der Waals surface area contributed by atoms with Crippen molar-refractivity contribution in [2.45, 2.75) is 19.4 Å². The fraction of sp³-hybridized carbons (Fsp3) is 0.500. The Morgan fingerprint density at radius 1 is 1.44 bits per heavy atom. The van der Waals surface area contributed by atoms with Crippen LogP contribution in [-0.2, 0) is 0 Å². The van der Waals surface area contributed by atoms with Crippen LogP contribution in [0.1, 0.15) is 13.3 Å². The monoisotopic (exact) mass is 242 g/mol. The molecule has 0 radical (unpaired) electrons. The van der Waals surface area contributed by atoms with Gasteiger partial charge in [-0.2, -0.15) is 11.8 Å². The van der Waals surface area contributed by atoms with Crippen molar-refractivity contribution in [3.8, 4) is 0 Å². The summed E-state index contributed by atoms with van der Waals surface area (Å²) in [5.41, 5.74) is 6.20. The second kappa shape index (κ2) is 7.52. The van der Waals surface area contributed by atoms with Gasteiger partial charge in [0.15, 0.2) is 0 Å². The van der Waals surface area contributed by atoms with Crippen LogP contribution in [0.4, 0.5) is 10.1 Å². The number of thioether (sulfide) groups is 1. The summed E-state index contributed by atoms with van der Waals surface area (Å²) < 4.78 is 13.4. The van der Waals surface area contributed by atoms with E-state index in [1.807, 2.05) is 17.8 Å². The van der Waals surface area contributed by atoms with Crippen molar-refractivity contribution in [3.63, 3.8) is 0 Å². The first-order valence-electron chi connectivity index (χ1n) is 5.56. The Kier molecular flexibility index (Phi) is 6.26. The number of nitrogens with one attached hydrogen (secondary N) is 1. The molecule has 1 unspecified atom stereocenters. The van der Waals surface area contributed by atoms with E-state index in [1.54, 1.807) is 12.1 Å². The van der Waals surface area contributed by atoms with Gasteiger partial charge in [-0.3, -0.25) is 0 Å². The van der Waals surface area contributed by atoms with E-state index in [2.05, 4.69) is 12.2 Å². The van der Waals surface area contributed by atoms with Crippen molar-refractivity contribution < 1.29 is 4.39 Å². The largest absolute Gasteiger partial charge is 0.379 e. The first-order chi connectivity index (χ1) is 7.77. The summed E-state index contributed by atoms with van der Waals surface area (Å²) in [5.74, 6) is 1.95. The molecule has 1 aromatic carbocycles. The van der Waals surface area contributed by atoms with Gasteiger partial charge in [-0.1, -0.05) is 19.1 Å². The lowest BCUT2D eigenvalue weighted by atomic mass is 10.2. The zero-order chi connectivity index (χ0) is 11.8. The minimum atomic E-state index is -0.218. The Morgan fingerprint density at radius 2 is 2.19 bits per heavy atom. The molecule has 0 aliphatic rings. The molecule has 1 atom stereocenters. The van der Waals surface area contributed by atoms with E-state index >= 15 is 0 Å². The van der Waals surface area contributed by atoms with Crippen LogP contribution in [0.5, 0.6) is 0 Å². The molecule has 90 valence electrons. The van der Waals surface area contributed by atoms with Crippen LogP contribution < -0.4 is 11.1 Å². The van der Waals surface area contributed by atoms with Gasteiger partial charge < -0.3 is 11.1 Å². The Bertz CT molecular complexity index is 307. The van der Waals surface area contributed by atoms with Gasteiger partial charge in [0.2, 0.25) is 0 Å². The summed E-state index contributed by atoms with van der Waals surface area (Å²) in [7, 11) is 0. The minimum absolute atomic E-state index is 0.149. The van der Waals surface area contributed by atoms with Crippen molar-refractivity contribution in [3.05, 3.63) is 30.1 Å². The van der Waals surface area contributed by atoms with Gasteiger partial charge in [-0.05, 0) is 30.1 Å². The Labute approximate surface area is 101 Å². The summed E-state index contributed by atoms with van der Waals surface area (Å²) in [6.45, 7) is 2.66. The van der Waals surface area contributed by atoms with Gasteiger partial charge in [0.25, 0.3) is 0 Å². The highest BCUT2D eigenvalue weighted by Gasteiger charge is 2.08. The number of hydrogen-bond acceptors (Lipinski definition) is 3. The molecule has 0 saturated carbocycles. The molecule has 4 heteroatoms. The normalized spacial score (nSPS) is 12.4. The molecule has 0 heterocycles. The fourth-order valence-electron chi connectivity index (χ4n) is 1.42. The lowest BCUT2D eigenvalue weighted by Gasteiger charge is -2.18. The summed E-state index contributed by atoms with van der Waals surface area (Å²) in [4.78, 5) is 0. The quantitative estimate of drug-likeness (QED) is 0.722. The van der Waals surface area contributed by atoms with Gasteiger partial charge in [0.1, 0.15) is 5.82 Å². The number of hydrogen-bond donors (Lipinski definition) is 2. The van der Waals surface area contributed by atoms with Gasteiger partial charge in [-0.25, -0.2) is 4.39 Å². The van der Waals surface area contributed by atoms with Crippen LogP contribution in [0, 0.1) is 5.82 Å². The number of nitrogens with two attached hydrogens (primary N) is 1. The fourth-order valence-corrected chi connectivity index (χ4v) is 2.16.